The van der Waals surface area contributed by atoms with Gasteiger partial charge in [-0.2, -0.15) is 11.8 Å². The Labute approximate surface area is 96.9 Å². The fourth-order valence-corrected chi connectivity index (χ4v) is 2.27. The zero-order chi connectivity index (χ0) is 11.1. The molecule has 1 aromatic heterocycles. The summed E-state index contributed by atoms with van der Waals surface area (Å²) >= 11 is 2.00. The number of hydrogen-bond acceptors (Lipinski definition) is 3. The van der Waals surface area contributed by atoms with E-state index in [0.29, 0.717) is 6.04 Å². The number of rotatable bonds is 6. The smallest absolute Gasteiger partial charge is 0.126 e. The fourth-order valence-electron chi connectivity index (χ4n) is 1.22. The largest absolute Gasteiger partial charge is 0.367 e. The van der Waals surface area contributed by atoms with Crippen molar-refractivity contribution in [1.82, 2.24) is 4.98 Å². The van der Waals surface area contributed by atoms with Crippen LogP contribution in [0.4, 0.5) is 5.82 Å². The van der Waals surface area contributed by atoms with Gasteiger partial charge in [0.2, 0.25) is 0 Å². The molecule has 0 amide bonds. The summed E-state index contributed by atoms with van der Waals surface area (Å²) in [7, 11) is 0. The van der Waals surface area contributed by atoms with E-state index < -0.39 is 0 Å². The van der Waals surface area contributed by atoms with Crippen LogP contribution in [0.5, 0.6) is 0 Å². The van der Waals surface area contributed by atoms with Gasteiger partial charge in [-0.15, -0.1) is 0 Å². The van der Waals surface area contributed by atoms with E-state index in [1.807, 2.05) is 36.2 Å². The van der Waals surface area contributed by atoms with Gasteiger partial charge in [0.1, 0.15) is 5.82 Å². The lowest BCUT2D eigenvalue weighted by Crippen LogP contribution is -2.19. The van der Waals surface area contributed by atoms with Gasteiger partial charge in [-0.25, -0.2) is 4.98 Å². The minimum Gasteiger partial charge on any atom is -0.367 e. The van der Waals surface area contributed by atoms with Crippen LogP contribution in [0.1, 0.15) is 20.8 Å². The molecule has 0 aliphatic heterocycles. The van der Waals surface area contributed by atoms with E-state index in [9.17, 15) is 0 Å². The van der Waals surface area contributed by atoms with Crippen LogP contribution in [0.2, 0.25) is 0 Å². The summed E-state index contributed by atoms with van der Waals surface area (Å²) < 4.78 is 0. The summed E-state index contributed by atoms with van der Waals surface area (Å²) in [5, 5.41) is 3.38. The maximum absolute atomic E-state index is 4.24. The van der Waals surface area contributed by atoms with Crippen molar-refractivity contribution in [2.75, 3.05) is 16.8 Å². The number of nitrogens with zero attached hydrogens (tertiary/aromatic N) is 1. The van der Waals surface area contributed by atoms with Crippen molar-refractivity contribution in [1.29, 1.82) is 0 Å². The fraction of sp³-hybridized carbons (Fsp3) is 0.583. The summed E-state index contributed by atoms with van der Waals surface area (Å²) in [6.07, 6.45) is 1.82. The minimum absolute atomic E-state index is 0.476. The van der Waals surface area contributed by atoms with E-state index in [4.69, 9.17) is 0 Å². The second kappa shape index (κ2) is 6.72. The van der Waals surface area contributed by atoms with Gasteiger partial charge >= 0.3 is 0 Å². The summed E-state index contributed by atoms with van der Waals surface area (Å²) in [5.41, 5.74) is 0. The Kier molecular flexibility index (Phi) is 5.54. The van der Waals surface area contributed by atoms with Gasteiger partial charge in [0.15, 0.2) is 0 Å². The molecule has 84 valence electrons. The van der Waals surface area contributed by atoms with Gasteiger partial charge in [0.05, 0.1) is 0 Å². The zero-order valence-electron chi connectivity index (χ0n) is 9.73. The van der Waals surface area contributed by atoms with Crippen molar-refractivity contribution in [3.8, 4) is 0 Å². The quantitative estimate of drug-likeness (QED) is 0.802. The number of pyridine rings is 1. The van der Waals surface area contributed by atoms with Crippen LogP contribution in [0.25, 0.3) is 0 Å². The molecular weight excluding hydrogens is 204 g/mol. The van der Waals surface area contributed by atoms with Crippen LogP contribution in [0.15, 0.2) is 24.4 Å². The van der Waals surface area contributed by atoms with Crippen LogP contribution in [0, 0.1) is 5.92 Å². The van der Waals surface area contributed by atoms with E-state index in [2.05, 4.69) is 31.1 Å². The highest BCUT2D eigenvalue weighted by Gasteiger charge is 2.03. The number of hydrogen-bond donors (Lipinski definition) is 1. The SMILES string of the molecule is CC(C)CSCC(C)Nc1ccccn1. The second-order valence-electron chi connectivity index (χ2n) is 4.19. The third kappa shape index (κ3) is 5.67. The standard InChI is InChI=1S/C12H20N2S/c1-10(2)8-15-9-11(3)14-12-6-4-5-7-13-12/h4-7,10-11H,8-9H2,1-3H3,(H,13,14). The average Bonchev–Trinajstić information content (AvgIpc) is 2.18. The molecule has 1 unspecified atom stereocenters. The molecule has 3 heteroatoms. The first-order valence-electron chi connectivity index (χ1n) is 5.44. The van der Waals surface area contributed by atoms with Crippen molar-refractivity contribution < 1.29 is 0 Å². The normalized spacial score (nSPS) is 12.8. The molecule has 0 saturated carbocycles. The number of thioether (sulfide) groups is 1. The molecule has 0 saturated heterocycles. The number of aromatic nitrogens is 1. The van der Waals surface area contributed by atoms with Gasteiger partial charge in [-0.05, 0) is 30.7 Å². The molecule has 2 nitrogen and oxygen atoms in total. The Balaban J connectivity index is 2.21. The number of anilines is 1. The lowest BCUT2D eigenvalue weighted by molar-refractivity contribution is 0.748. The minimum atomic E-state index is 0.476. The summed E-state index contributed by atoms with van der Waals surface area (Å²) in [6.45, 7) is 6.70. The Morgan fingerprint density at radius 3 is 2.67 bits per heavy atom. The topological polar surface area (TPSA) is 24.9 Å². The van der Waals surface area contributed by atoms with Crippen molar-refractivity contribution >= 4 is 17.6 Å². The summed E-state index contributed by atoms with van der Waals surface area (Å²) in [5.74, 6) is 4.11. The summed E-state index contributed by atoms with van der Waals surface area (Å²) in [6, 6.07) is 6.42. The van der Waals surface area contributed by atoms with Crippen LogP contribution >= 0.6 is 11.8 Å². The molecule has 0 aromatic carbocycles. The molecule has 1 atom stereocenters. The number of nitrogens with one attached hydrogen (secondary N) is 1. The predicted molar refractivity (Wildman–Crippen MR) is 69.5 cm³/mol. The Morgan fingerprint density at radius 1 is 1.27 bits per heavy atom. The maximum Gasteiger partial charge on any atom is 0.126 e. The van der Waals surface area contributed by atoms with E-state index in [1.165, 1.54) is 5.75 Å². The molecule has 0 aliphatic rings. The van der Waals surface area contributed by atoms with E-state index in [-0.39, 0.29) is 0 Å². The highest BCUT2D eigenvalue weighted by atomic mass is 32.2. The Morgan fingerprint density at radius 2 is 2.07 bits per heavy atom. The second-order valence-corrected chi connectivity index (χ2v) is 5.27. The van der Waals surface area contributed by atoms with Crippen molar-refractivity contribution in [2.45, 2.75) is 26.8 Å². The average molecular weight is 224 g/mol. The lowest BCUT2D eigenvalue weighted by Gasteiger charge is -2.14. The van der Waals surface area contributed by atoms with Crippen LogP contribution in [-0.2, 0) is 0 Å². The molecule has 1 aromatic rings. The van der Waals surface area contributed by atoms with Crippen LogP contribution < -0.4 is 5.32 Å². The van der Waals surface area contributed by atoms with Gasteiger partial charge < -0.3 is 5.32 Å². The van der Waals surface area contributed by atoms with Crippen molar-refractivity contribution in [3.05, 3.63) is 24.4 Å². The molecular formula is C12H20N2S. The van der Waals surface area contributed by atoms with E-state index in [1.54, 1.807) is 0 Å². The van der Waals surface area contributed by atoms with Gasteiger partial charge in [-0.1, -0.05) is 19.9 Å². The van der Waals surface area contributed by atoms with Crippen LogP contribution in [-0.4, -0.2) is 22.5 Å². The van der Waals surface area contributed by atoms with Gasteiger partial charge in [0, 0.05) is 18.0 Å². The monoisotopic (exact) mass is 224 g/mol. The Hall–Kier alpha value is -0.700. The zero-order valence-corrected chi connectivity index (χ0v) is 10.6. The highest BCUT2D eigenvalue weighted by Crippen LogP contribution is 2.11. The first-order chi connectivity index (χ1) is 7.18. The van der Waals surface area contributed by atoms with Crippen LogP contribution in [0.3, 0.4) is 0 Å². The molecule has 0 bridgehead atoms. The predicted octanol–water partition coefficient (Wildman–Crippen LogP) is 3.27. The molecule has 0 spiro atoms. The first kappa shape index (κ1) is 12.4. The first-order valence-corrected chi connectivity index (χ1v) is 6.59. The third-order valence-corrected chi connectivity index (χ3v) is 3.52. The lowest BCUT2D eigenvalue weighted by atomic mass is 10.3. The maximum atomic E-state index is 4.24. The van der Waals surface area contributed by atoms with Crippen molar-refractivity contribution in [3.63, 3.8) is 0 Å². The Bertz CT molecular complexity index is 262. The highest BCUT2D eigenvalue weighted by molar-refractivity contribution is 7.99. The molecule has 1 N–H and O–H groups in total. The summed E-state index contributed by atoms with van der Waals surface area (Å²) in [4.78, 5) is 4.24. The van der Waals surface area contributed by atoms with Gasteiger partial charge in [-0.3, -0.25) is 0 Å². The molecule has 0 aliphatic carbocycles. The molecule has 1 heterocycles. The van der Waals surface area contributed by atoms with Crippen molar-refractivity contribution in [2.24, 2.45) is 5.92 Å². The molecule has 0 fully saturated rings. The molecule has 15 heavy (non-hydrogen) atoms. The van der Waals surface area contributed by atoms with E-state index in [0.717, 1.165) is 17.5 Å². The van der Waals surface area contributed by atoms with Gasteiger partial charge in [0.25, 0.3) is 0 Å². The molecule has 0 radical (unpaired) electrons. The van der Waals surface area contributed by atoms with E-state index >= 15 is 0 Å². The third-order valence-electron chi connectivity index (χ3n) is 1.88. The molecule has 1 rings (SSSR count).